The zero-order valence-corrected chi connectivity index (χ0v) is 14.8. The Kier molecular flexibility index (Phi) is 5.97. The summed E-state index contributed by atoms with van der Waals surface area (Å²) in [5.74, 6) is 0.277. The highest BCUT2D eigenvalue weighted by Crippen LogP contribution is 2.30. The summed E-state index contributed by atoms with van der Waals surface area (Å²) >= 11 is 1.26. The minimum absolute atomic E-state index is 0.0984. The zero-order valence-electron chi connectivity index (χ0n) is 14.0. The van der Waals surface area contributed by atoms with E-state index in [2.05, 4.69) is 20.8 Å². The van der Waals surface area contributed by atoms with Crippen molar-refractivity contribution in [3.63, 3.8) is 0 Å². The molecule has 10 heteroatoms. The number of aliphatic hydroxyl groups excluding tert-OH is 1. The molecule has 0 aliphatic rings. The van der Waals surface area contributed by atoms with Gasteiger partial charge in [-0.3, -0.25) is 0 Å². The number of nitrogens with zero attached hydrogens (tertiary/aromatic N) is 4. The van der Waals surface area contributed by atoms with Crippen LogP contribution in [0.15, 0.2) is 59.8 Å². The summed E-state index contributed by atoms with van der Waals surface area (Å²) in [5, 5.41) is 24.9. The van der Waals surface area contributed by atoms with Crippen molar-refractivity contribution in [2.24, 2.45) is 0 Å². The standard InChI is InChI=1S/C17H16F3N5OS/c18-17(19,20)12-5-4-6-13(9-12)21-10-15(26)11-27-16-22-23-24-25(16)14-7-2-1-3-8-14/h1-9,15,21,26H,10-11H2. The molecule has 0 fully saturated rings. The van der Waals surface area contributed by atoms with Crippen LogP contribution in [0, 0.1) is 0 Å². The van der Waals surface area contributed by atoms with E-state index in [1.54, 1.807) is 4.68 Å². The molecule has 3 rings (SSSR count). The van der Waals surface area contributed by atoms with E-state index < -0.39 is 17.8 Å². The van der Waals surface area contributed by atoms with Gasteiger partial charge in [-0.15, -0.1) is 5.10 Å². The second kappa shape index (κ2) is 8.40. The molecule has 2 N–H and O–H groups in total. The number of thioether (sulfide) groups is 1. The number of aromatic nitrogens is 4. The number of rotatable bonds is 7. The van der Waals surface area contributed by atoms with Crippen molar-refractivity contribution in [2.75, 3.05) is 17.6 Å². The van der Waals surface area contributed by atoms with Crippen LogP contribution in [0.2, 0.25) is 0 Å². The van der Waals surface area contributed by atoms with Gasteiger partial charge in [0.2, 0.25) is 5.16 Å². The molecule has 0 spiro atoms. The average molecular weight is 395 g/mol. The maximum absolute atomic E-state index is 12.7. The zero-order chi connectivity index (χ0) is 19.3. The SMILES string of the molecule is OC(CNc1cccc(C(F)(F)F)c1)CSc1nnnn1-c1ccccc1. The molecule has 1 heterocycles. The minimum atomic E-state index is -4.40. The maximum atomic E-state index is 12.7. The van der Waals surface area contributed by atoms with Gasteiger partial charge < -0.3 is 10.4 Å². The van der Waals surface area contributed by atoms with Crippen LogP contribution >= 0.6 is 11.8 Å². The Bertz CT molecular complexity index is 872. The van der Waals surface area contributed by atoms with Crippen molar-refractivity contribution in [3.8, 4) is 5.69 Å². The van der Waals surface area contributed by atoms with Gasteiger partial charge in [0.15, 0.2) is 0 Å². The Morgan fingerprint density at radius 2 is 1.89 bits per heavy atom. The van der Waals surface area contributed by atoms with E-state index in [1.807, 2.05) is 30.3 Å². The van der Waals surface area contributed by atoms with Gasteiger partial charge in [0.1, 0.15) is 0 Å². The predicted molar refractivity (Wildman–Crippen MR) is 95.8 cm³/mol. The van der Waals surface area contributed by atoms with E-state index in [1.165, 1.54) is 23.9 Å². The monoisotopic (exact) mass is 395 g/mol. The lowest BCUT2D eigenvalue weighted by Crippen LogP contribution is -2.22. The van der Waals surface area contributed by atoms with Gasteiger partial charge >= 0.3 is 6.18 Å². The highest BCUT2D eigenvalue weighted by Gasteiger charge is 2.30. The third-order valence-electron chi connectivity index (χ3n) is 3.58. The second-order valence-corrected chi connectivity index (χ2v) is 6.62. The van der Waals surface area contributed by atoms with Gasteiger partial charge in [0.25, 0.3) is 0 Å². The number of tetrazole rings is 1. The summed E-state index contributed by atoms with van der Waals surface area (Å²) in [4.78, 5) is 0. The Morgan fingerprint density at radius 1 is 1.11 bits per heavy atom. The van der Waals surface area contributed by atoms with Crippen LogP contribution in [-0.4, -0.2) is 43.7 Å². The van der Waals surface area contributed by atoms with Gasteiger partial charge in [-0.2, -0.15) is 17.9 Å². The van der Waals surface area contributed by atoms with Gasteiger partial charge in [-0.25, -0.2) is 0 Å². The summed E-state index contributed by atoms with van der Waals surface area (Å²) in [6, 6.07) is 14.2. The van der Waals surface area contributed by atoms with Crippen molar-refractivity contribution >= 4 is 17.4 Å². The van der Waals surface area contributed by atoms with E-state index in [4.69, 9.17) is 0 Å². The number of benzene rings is 2. The Hall–Kier alpha value is -2.59. The molecule has 0 amide bonds. The van der Waals surface area contributed by atoms with Crippen LogP contribution in [0.3, 0.4) is 0 Å². The highest BCUT2D eigenvalue weighted by atomic mass is 32.2. The predicted octanol–water partition coefficient (Wildman–Crippen LogP) is 3.25. The highest BCUT2D eigenvalue weighted by molar-refractivity contribution is 7.99. The van der Waals surface area contributed by atoms with Crippen LogP contribution in [0.5, 0.6) is 0 Å². The summed E-state index contributed by atoms with van der Waals surface area (Å²) in [6.07, 6.45) is -5.20. The molecule has 1 aromatic heterocycles. The summed E-state index contributed by atoms with van der Waals surface area (Å²) in [6.45, 7) is 0.0984. The number of hydrogen-bond donors (Lipinski definition) is 2. The molecule has 1 unspecified atom stereocenters. The number of hydrogen-bond acceptors (Lipinski definition) is 6. The van der Waals surface area contributed by atoms with E-state index in [0.29, 0.717) is 10.8 Å². The number of halogens is 3. The van der Waals surface area contributed by atoms with Gasteiger partial charge in [-0.05, 0) is 40.8 Å². The van der Waals surface area contributed by atoms with Gasteiger partial charge in [-0.1, -0.05) is 36.0 Å². The van der Waals surface area contributed by atoms with E-state index in [0.717, 1.165) is 17.8 Å². The normalized spacial score (nSPS) is 12.7. The number of alkyl halides is 3. The van der Waals surface area contributed by atoms with E-state index in [-0.39, 0.29) is 12.3 Å². The lowest BCUT2D eigenvalue weighted by Gasteiger charge is -2.14. The average Bonchev–Trinajstić information content (AvgIpc) is 3.13. The Labute approximate surface area is 157 Å². The van der Waals surface area contributed by atoms with E-state index in [9.17, 15) is 18.3 Å². The number of nitrogens with one attached hydrogen (secondary N) is 1. The van der Waals surface area contributed by atoms with Crippen molar-refractivity contribution in [1.29, 1.82) is 0 Å². The summed E-state index contributed by atoms with van der Waals surface area (Å²) in [7, 11) is 0. The fourth-order valence-electron chi connectivity index (χ4n) is 2.27. The summed E-state index contributed by atoms with van der Waals surface area (Å²) in [5.41, 5.74) is 0.350. The van der Waals surface area contributed by atoms with Crippen LogP contribution in [0.1, 0.15) is 5.56 Å². The Balaban J connectivity index is 1.54. The van der Waals surface area contributed by atoms with Crippen molar-refractivity contribution in [2.45, 2.75) is 17.4 Å². The third kappa shape index (κ3) is 5.20. The molecule has 0 aliphatic heterocycles. The lowest BCUT2D eigenvalue weighted by atomic mass is 10.2. The first-order valence-electron chi connectivity index (χ1n) is 7.99. The molecular weight excluding hydrogens is 379 g/mol. The molecule has 1 atom stereocenters. The molecule has 3 aromatic rings. The quantitative estimate of drug-likeness (QED) is 0.598. The fourth-order valence-corrected chi connectivity index (χ4v) is 3.09. The number of para-hydroxylation sites is 1. The number of aliphatic hydroxyl groups is 1. The molecular formula is C17H16F3N5OS. The molecule has 0 saturated heterocycles. The van der Waals surface area contributed by atoms with Crippen LogP contribution in [-0.2, 0) is 6.18 Å². The van der Waals surface area contributed by atoms with Crippen LogP contribution in [0.4, 0.5) is 18.9 Å². The minimum Gasteiger partial charge on any atom is -0.390 e. The molecule has 0 radical (unpaired) electrons. The summed E-state index contributed by atoms with van der Waals surface area (Å²) < 4.78 is 39.7. The van der Waals surface area contributed by atoms with Crippen molar-refractivity contribution in [1.82, 2.24) is 20.2 Å². The van der Waals surface area contributed by atoms with Crippen molar-refractivity contribution < 1.29 is 18.3 Å². The first-order valence-corrected chi connectivity index (χ1v) is 8.98. The van der Waals surface area contributed by atoms with Crippen molar-refractivity contribution in [3.05, 3.63) is 60.2 Å². The Morgan fingerprint density at radius 3 is 2.63 bits per heavy atom. The first-order chi connectivity index (χ1) is 12.9. The molecule has 2 aromatic carbocycles. The van der Waals surface area contributed by atoms with Crippen LogP contribution in [0.25, 0.3) is 5.69 Å². The van der Waals surface area contributed by atoms with E-state index >= 15 is 0 Å². The first kappa shape index (κ1) is 19.2. The lowest BCUT2D eigenvalue weighted by molar-refractivity contribution is -0.137. The second-order valence-electron chi connectivity index (χ2n) is 5.63. The molecule has 0 bridgehead atoms. The molecule has 142 valence electrons. The topological polar surface area (TPSA) is 75.9 Å². The smallest absolute Gasteiger partial charge is 0.390 e. The number of anilines is 1. The molecule has 0 saturated carbocycles. The molecule has 0 aliphatic carbocycles. The van der Waals surface area contributed by atoms with Gasteiger partial charge in [0, 0.05) is 18.0 Å². The van der Waals surface area contributed by atoms with Crippen LogP contribution < -0.4 is 5.32 Å². The fraction of sp³-hybridized carbons (Fsp3) is 0.235. The largest absolute Gasteiger partial charge is 0.416 e. The molecule has 6 nitrogen and oxygen atoms in total. The van der Waals surface area contributed by atoms with Gasteiger partial charge in [0.05, 0.1) is 17.4 Å². The maximum Gasteiger partial charge on any atom is 0.416 e. The molecule has 27 heavy (non-hydrogen) atoms. The third-order valence-corrected chi connectivity index (χ3v) is 4.64.